The van der Waals surface area contributed by atoms with Crippen LogP contribution in [0.3, 0.4) is 0 Å². The van der Waals surface area contributed by atoms with Gasteiger partial charge in [-0.15, -0.1) is 0 Å². The number of likely N-dealkylation sites (tertiary alicyclic amines) is 2. The molecule has 3 fully saturated rings. The Morgan fingerprint density at radius 1 is 1.21 bits per heavy atom. The van der Waals surface area contributed by atoms with Gasteiger partial charge in [0.2, 0.25) is 5.91 Å². The third-order valence-electron chi connectivity index (χ3n) is 6.38. The molecule has 0 radical (unpaired) electrons. The Kier molecular flexibility index (Phi) is 8.30. The van der Waals surface area contributed by atoms with E-state index >= 15 is 0 Å². The Bertz CT molecular complexity index is 561. The highest BCUT2D eigenvalue weighted by Gasteiger charge is 2.53. The Balaban J connectivity index is 0.000000370. The SMILES string of the molecule is COCCN1CC2(CCN(C3CCC3)CC2)C(COC)C1=O.O=C(O)C(F)(F)F. The van der Waals surface area contributed by atoms with Crippen LogP contribution in [0.2, 0.25) is 0 Å². The predicted molar refractivity (Wildman–Crippen MR) is 98.4 cm³/mol. The molecule has 1 atom stereocenters. The van der Waals surface area contributed by atoms with Gasteiger partial charge in [0.15, 0.2) is 0 Å². The van der Waals surface area contributed by atoms with E-state index in [-0.39, 0.29) is 17.2 Å². The number of methoxy groups -OCH3 is 2. The fourth-order valence-corrected chi connectivity index (χ4v) is 4.45. The maximum atomic E-state index is 12.7. The van der Waals surface area contributed by atoms with Gasteiger partial charge in [0.25, 0.3) is 0 Å². The van der Waals surface area contributed by atoms with Crippen LogP contribution in [0.1, 0.15) is 32.1 Å². The maximum absolute atomic E-state index is 12.7. The summed E-state index contributed by atoms with van der Waals surface area (Å²) in [5, 5.41) is 7.12. The molecule has 2 heterocycles. The normalized spacial score (nSPS) is 24.9. The van der Waals surface area contributed by atoms with Crippen LogP contribution < -0.4 is 0 Å². The number of ether oxygens (including phenoxy) is 2. The van der Waals surface area contributed by atoms with E-state index in [0.29, 0.717) is 19.8 Å². The highest BCUT2D eigenvalue weighted by Crippen LogP contribution is 2.46. The van der Waals surface area contributed by atoms with Crippen LogP contribution in [0.25, 0.3) is 0 Å². The number of amides is 1. The zero-order valence-corrected chi connectivity index (χ0v) is 17.0. The molecule has 1 unspecified atom stereocenters. The highest BCUT2D eigenvalue weighted by molar-refractivity contribution is 5.82. The molecule has 29 heavy (non-hydrogen) atoms. The minimum absolute atomic E-state index is 0.0397. The Morgan fingerprint density at radius 3 is 2.21 bits per heavy atom. The van der Waals surface area contributed by atoms with E-state index in [2.05, 4.69) is 4.90 Å². The van der Waals surface area contributed by atoms with Crippen molar-refractivity contribution in [1.82, 2.24) is 9.80 Å². The molecule has 10 heteroatoms. The van der Waals surface area contributed by atoms with E-state index in [1.807, 2.05) is 4.90 Å². The molecule has 0 bridgehead atoms. The lowest BCUT2D eigenvalue weighted by molar-refractivity contribution is -0.192. The van der Waals surface area contributed by atoms with Crippen molar-refractivity contribution in [1.29, 1.82) is 0 Å². The number of hydrogen-bond donors (Lipinski definition) is 1. The van der Waals surface area contributed by atoms with Gasteiger partial charge in [0.1, 0.15) is 0 Å². The van der Waals surface area contributed by atoms with Crippen molar-refractivity contribution in [2.75, 3.05) is 53.6 Å². The first-order valence-corrected chi connectivity index (χ1v) is 9.95. The van der Waals surface area contributed by atoms with E-state index in [0.717, 1.165) is 38.5 Å². The number of rotatable bonds is 6. The molecule has 1 amide bonds. The molecule has 1 spiro atoms. The third-order valence-corrected chi connectivity index (χ3v) is 6.38. The number of carboxylic acid groups (broad SMARTS) is 1. The fourth-order valence-electron chi connectivity index (χ4n) is 4.45. The van der Waals surface area contributed by atoms with E-state index < -0.39 is 12.1 Å². The smallest absolute Gasteiger partial charge is 0.475 e. The summed E-state index contributed by atoms with van der Waals surface area (Å²) in [5.41, 5.74) is 0.126. The number of piperidine rings is 1. The van der Waals surface area contributed by atoms with Crippen LogP contribution >= 0.6 is 0 Å². The summed E-state index contributed by atoms with van der Waals surface area (Å²) >= 11 is 0. The molecule has 0 aromatic heterocycles. The Morgan fingerprint density at radius 2 is 1.79 bits per heavy atom. The van der Waals surface area contributed by atoms with Crippen molar-refractivity contribution in [2.45, 2.75) is 44.3 Å². The lowest BCUT2D eigenvalue weighted by Gasteiger charge is -2.46. The lowest BCUT2D eigenvalue weighted by atomic mass is 9.70. The van der Waals surface area contributed by atoms with Crippen LogP contribution in [0.4, 0.5) is 13.2 Å². The summed E-state index contributed by atoms with van der Waals surface area (Å²) in [5.74, 6) is -2.44. The van der Waals surface area contributed by atoms with Gasteiger partial charge in [0.05, 0.1) is 19.1 Å². The van der Waals surface area contributed by atoms with Crippen LogP contribution in [-0.2, 0) is 19.1 Å². The number of aliphatic carboxylic acids is 1. The minimum atomic E-state index is -5.08. The topological polar surface area (TPSA) is 79.3 Å². The van der Waals surface area contributed by atoms with Crippen molar-refractivity contribution >= 4 is 11.9 Å². The first-order chi connectivity index (χ1) is 13.6. The first kappa shape index (κ1) is 23.9. The summed E-state index contributed by atoms with van der Waals surface area (Å²) < 4.78 is 42.3. The van der Waals surface area contributed by atoms with Gasteiger partial charge in [0, 0.05) is 38.8 Å². The van der Waals surface area contributed by atoms with Crippen LogP contribution in [-0.4, -0.2) is 92.6 Å². The zero-order chi connectivity index (χ0) is 21.7. The predicted octanol–water partition coefficient (Wildman–Crippen LogP) is 2.01. The van der Waals surface area contributed by atoms with E-state index in [1.165, 1.54) is 19.3 Å². The molecule has 1 aliphatic carbocycles. The van der Waals surface area contributed by atoms with Crippen molar-refractivity contribution in [3.05, 3.63) is 0 Å². The van der Waals surface area contributed by atoms with Gasteiger partial charge in [-0.3, -0.25) is 4.79 Å². The average molecular weight is 424 g/mol. The van der Waals surface area contributed by atoms with Gasteiger partial charge >= 0.3 is 12.1 Å². The number of hydrogen-bond acceptors (Lipinski definition) is 5. The Labute approximate surface area is 169 Å². The molecule has 168 valence electrons. The van der Waals surface area contributed by atoms with Crippen molar-refractivity contribution in [3.8, 4) is 0 Å². The highest BCUT2D eigenvalue weighted by atomic mass is 19.4. The van der Waals surface area contributed by atoms with Gasteiger partial charge in [-0.25, -0.2) is 4.79 Å². The minimum Gasteiger partial charge on any atom is -0.475 e. The number of carbonyl (C=O) groups excluding carboxylic acids is 1. The number of carbonyl (C=O) groups is 2. The van der Waals surface area contributed by atoms with Gasteiger partial charge in [-0.1, -0.05) is 6.42 Å². The maximum Gasteiger partial charge on any atom is 0.490 e. The third kappa shape index (κ3) is 5.82. The second-order valence-corrected chi connectivity index (χ2v) is 8.05. The number of alkyl halides is 3. The summed E-state index contributed by atoms with van der Waals surface area (Å²) in [6, 6.07) is 0.819. The first-order valence-electron chi connectivity index (χ1n) is 9.95. The molecule has 2 saturated heterocycles. The van der Waals surface area contributed by atoms with Crippen molar-refractivity contribution in [3.63, 3.8) is 0 Å². The molecule has 2 aliphatic heterocycles. The largest absolute Gasteiger partial charge is 0.490 e. The fraction of sp³-hybridized carbons (Fsp3) is 0.895. The summed E-state index contributed by atoms with van der Waals surface area (Å²) in [6.07, 6.45) is 1.31. The standard InChI is InChI=1S/C17H30N2O3.C2HF3O2/c1-21-11-10-19-13-17(15(12-22-2)16(19)20)6-8-18(9-7-17)14-4-3-5-14;3-2(4,5)1(6)7/h14-15H,3-13H2,1-2H3;(H,6,7). The molecule has 3 rings (SSSR count). The molecule has 7 nitrogen and oxygen atoms in total. The van der Waals surface area contributed by atoms with Crippen LogP contribution in [0.15, 0.2) is 0 Å². The van der Waals surface area contributed by atoms with Crippen LogP contribution in [0, 0.1) is 11.3 Å². The number of halogens is 3. The monoisotopic (exact) mass is 424 g/mol. The van der Waals surface area contributed by atoms with E-state index in [4.69, 9.17) is 19.4 Å². The zero-order valence-electron chi connectivity index (χ0n) is 17.0. The molecular formula is C19H31F3N2O5. The average Bonchev–Trinajstić information content (AvgIpc) is 2.86. The van der Waals surface area contributed by atoms with Crippen LogP contribution in [0.5, 0.6) is 0 Å². The molecule has 1 N–H and O–H groups in total. The lowest BCUT2D eigenvalue weighted by Crippen LogP contribution is -2.50. The second-order valence-electron chi connectivity index (χ2n) is 8.05. The molecule has 0 aromatic carbocycles. The second kappa shape index (κ2) is 10.1. The van der Waals surface area contributed by atoms with E-state index in [1.54, 1.807) is 14.2 Å². The van der Waals surface area contributed by atoms with Gasteiger partial charge in [-0.05, 0) is 38.8 Å². The summed E-state index contributed by atoms with van der Waals surface area (Å²) in [4.78, 5) is 26.3. The van der Waals surface area contributed by atoms with Crippen molar-refractivity contribution in [2.24, 2.45) is 11.3 Å². The summed E-state index contributed by atoms with van der Waals surface area (Å²) in [7, 11) is 3.41. The Hall–Kier alpha value is -1.39. The summed E-state index contributed by atoms with van der Waals surface area (Å²) in [6.45, 7) is 5.08. The molecule has 0 aromatic rings. The molecule has 1 saturated carbocycles. The number of nitrogens with zero attached hydrogens (tertiary/aromatic N) is 2. The van der Waals surface area contributed by atoms with Crippen molar-refractivity contribution < 1.29 is 37.3 Å². The number of carboxylic acids is 1. The van der Waals surface area contributed by atoms with E-state index in [9.17, 15) is 18.0 Å². The molecule has 3 aliphatic rings. The molecular weight excluding hydrogens is 393 g/mol. The van der Waals surface area contributed by atoms with Gasteiger partial charge < -0.3 is 24.4 Å². The quantitative estimate of drug-likeness (QED) is 0.703. The van der Waals surface area contributed by atoms with Gasteiger partial charge in [-0.2, -0.15) is 13.2 Å².